The second-order valence-corrected chi connectivity index (χ2v) is 4.42. The molecule has 1 atom stereocenters. The van der Waals surface area contributed by atoms with Crippen LogP contribution in [0.5, 0.6) is 0 Å². The Labute approximate surface area is 101 Å². The van der Waals surface area contributed by atoms with Gasteiger partial charge in [0.15, 0.2) is 0 Å². The summed E-state index contributed by atoms with van der Waals surface area (Å²) in [4.78, 5) is 11.6. The molecule has 0 radical (unpaired) electrons. The van der Waals surface area contributed by atoms with Gasteiger partial charge in [-0.3, -0.25) is 9.48 Å². The number of carbonyl (C=O) groups is 1. The van der Waals surface area contributed by atoms with E-state index < -0.39 is 5.92 Å². The minimum absolute atomic E-state index is 0.0342. The second-order valence-electron chi connectivity index (χ2n) is 4.42. The van der Waals surface area contributed by atoms with Gasteiger partial charge in [0.25, 0.3) is 0 Å². The molecule has 1 aromatic rings. The highest BCUT2D eigenvalue weighted by atomic mass is 16.1. The molecule has 0 aliphatic carbocycles. The van der Waals surface area contributed by atoms with E-state index in [0.717, 1.165) is 5.56 Å². The molecule has 0 aliphatic heterocycles. The van der Waals surface area contributed by atoms with Crippen molar-refractivity contribution in [1.29, 1.82) is 5.26 Å². The molecule has 0 aromatic carbocycles. The third kappa shape index (κ3) is 3.91. The molecule has 0 saturated heterocycles. The van der Waals surface area contributed by atoms with Crippen molar-refractivity contribution in [2.75, 3.05) is 6.54 Å². The SMILES string of the molecule is Cc1cnn(CCNC(=O)C(C#N)C(C)C)c1. The van der Waals surface area contributed by atoms with Crippen LogP contribution < -0.4 is 5.32 Å². The van der Waals surface area contributed by atoms with Gasteiger partial charge in [-0.1, -0.05) is 13.8 Å². The molecule has 0 fully saturated rings. The quantitative estimate of drug-likeness (QED) is 0.829. The van der Waals surface area contributed by atoms with Crippen LogP contribution in [0.2, 0.25) is 0 Å². The summed E-state index contributed by atoms with van der Waals surface area (Å²) >= 11 is 0. The lowest BCUT2D eigenvalue weighted by molar-refractivity contribution is -0.124. The summed E-state index contributed by atoms with van der Waals surface area (Å²) in [5, 5.41) is 15.7. The third-order valence-electron chi connectivity index (χ3n) is 2.49. The van der Waals surface area contributed by atoms with Crippen LogP contribution in [0.15, 0.2) is 12.4 Å². The van der Waals surface area contributed by atoms with Gasteiger partial charge in [-0.25, -0.2) is 0 Å². The van der Waals surface area contributed by atoms with Crippen molar-refractivity contribution >= 4 is 5.91 Å². The van der Waals surface area contributed by atoms with Gasteiger partial charge in [0.1, 0.15) is 5.92 Å². The Bertz CT molecular complexity index is 416. The Balaban J connectivity index is 2.36. The number of carbonyl (C=O) groups excluding carboxylic acids is 1. The van der Waals surface area contributed by atoms with Gasteiger partial charge >= 0.3 is 0 Å². The molecular formula is C12H18N4O. The third-order valence-corrected chi connectivity index (χ3v) is 2.49. The van der Waals surface area contributed by atoms with Crippen molar-refractivity contribution < 1.29 is 4.79 Å². The molecule has 17 heavy (non-hydrogen) atoms. The fourth-order valence-corrected chi connectivity index (χ4v) is 1.50. The highest BCUT2D eigenvalue weighted by Crippen LogP contribution is 2.08. The fourth-order valence-electron chi connectivity index (χ4n) is 1.50. The zero-order chi connectivity index (χ0) is 12.8. The first-order valence-corrected chi connectivity index (χ1v) is 5.71. The fraction of sp³-hybridized carbons (Fsp3) is 0.583. The zero-order valence-corrected chi connectivity index (χ0v) is 10.5. The van der Waals surface area contributed by atoms with Crippen molar-refractivity contribution in [3.63, 3.8) is 0 Å². The molecule has 5 nitrogen and oxygen atoms in total. The van der Waals surface area contributed by atoms with Crippen LogP contribution in [-0.4, -0.2) is 22.2 Å². The Kier molecular flexibility index (Phi) is 4.70. The number of amides is 1. The van der Waals surface area contributed by atoms with Crippen molar-refractivity contribution in [3.8, 4) is 6.07 Å². The molecule has 1 rings (SSSR count). The molecule has 1 unspecified atom stereocenters. The zero-order valence-electron chi connectivity index (χ0n) is 10.5. The highest BCUT2D eigenvalue weighted by Gasteiger charge is 2.20. The average Bonchev–Trinajstić information content (AvgIpc) is 2.64. The number of aromatic nitrogens is 2. The van der Waals surface area contributed by atoms with Crippen LogP contribution >= 0.6 is 0 Å². The lowest BCUT2D eigenvalue weighted by Crippen LogP contribution is -2.34. The second kappa shape index (κ2) is 6.04. The molecular weight excluding hydrogens is 216 g/mol. The molecule has 1 aromatic heterocycles. The van der Waals surface area contributed by atoms with Gasteiger partial charge in [-0.05, 0) is 18.4 Å². The van der Waals surface area contributed by atoms with Crippen molar-refractivity contribution in [1.82, 2.24) is 15.1 Å². The lowest BCUT2D eigenvalue weighted by atomic mass is 9.97. The molecule has 1 heterocycles. The molecule has 0 saturated carbocycles. The van der Waals surface area contributed by atoms with Crippen molar-refractivity contribution in [2.24, 2.45) is 11.8 Å². The number of aryl methyl sites for hydroxylation is 1. The first-order chi connectivity index (χ1) is 8.04. The van der Waals surface area contributed by atoms with E-state index in [4.69, 9.17) is 5.26 Å². The van der Waals surface area contributed by atoms with Gasteiger partial charge in [0.05, 0.1) is 18.8 Å². The van der Waals surface area contributed by atoms with E-state index in [9.17, 15) is 4.79 Å². The maximum Gasteiger partial charge on any atom is 0.237 e. The number of nitrogens with zero attached hydrogens (tertiary/aromatic N) is 3. The summed E-state index contributed by atoms with van der Waals surface area (Å²) < 4.78 is 1.77. The van der Waals surface area contributed by atoms with Gasteiger partial charge in [0, 0.05) is 12.7 Å². The number of nitriles is 1. The minimum Gasteiger partial charge on any atom is -0.353 e. The Morgan fingerprint density at radius 1 is 1.65 bits per heavy atom. The largest absolute Gasteiger partial charge is 0.353 e. The first-order valence-electron chi connectivity index (χ1n) is 5.71. The Morgan fingerprint density at radius 2 is 2.35 bits per heavy atom. The van der Waals surface area contributed by atoms with Crippen LogP contribution in [0.3, 0.4) is 0 Å². The van der Waals surface area contributed by atoms with Crippen LogP contribution in [-0.2, 0) is 11.3 Å². The summed E-state index contributed by atoms with van der Waals surface area (Å²) in [6.45, 7) is 6.81. The molecule has 1 N–H and O–H groups in total. The van der Waals surface area contributed by atoms with E-state index in [-0.39, 0.29) is 11.8 Å². The Hall–Kier alpha value is -1.83. The smallest absolute Gasteiger partial charge is 0.237 e. The maximum atomic E-state index is 11.6. The predicted molar refractivity (Wildman–Crippen MR) is 63.9 cm³/mol. The highest BCUT2D eigenvalue weighted by molar-refractivity contribution is 5.81. The minimum atomic E-state index is -0.575. The normalized spacial score (nSPS) is 12.2. The van der Waals surface area contributed by atoms with Gasteiger partial charge < -0.3 is 5.32 Å². The number of nitrogens with one attached hydrogen (secondary N) is 1. The summed E-state index contributed by atoms with van der Waals surface area (Å²) in [5.41, 5.74) is 1.09. The van der Waals surface area contributed by atoms with E-state index in [1.165, 1.54) is 0 Å². The Morgan fingerprint density at radius 3 is 2.82 bits per heavy atom. The molecule has 0 spiro atoms. The molecule has 5 heteroatoms. The van der Waals surface area contributed by atoms with Crippen LogP contribution in [0.25, 0.3) is 0 Å². The number of hydrogen-bond donors (Lipinski definition) is 1. The molecule has 0 aliphatic rings. The predicted octanol–water partition coefficient (Wildman–Crippen LogP) is 1.10. The molecule has 0 bridgehead atoms. The standard InChI is InChI=1S/C12H18N4O/c1-9(2)11(6-13)12(17)14-4-5-16-8-10(3)7-15-16/h7-9,11H,4-5H2,1-3H3,(H,14,17). The van der Waals surface area contributed by atoms with Gasteiger partial charge in [-0.2, -0.15) is 10.4 Å². The number of hydrogen-bond acceptors (Lipinski definition) is 3. The summed E-state index contributed by atoms with van der Waals surface area (Å²) in [6, 6.07) is 2.02. The monoisotopic (exact) mass is 234 g/mol. The van der Waals surface area contributed by atoms with E-state index in [0.29, 0.717) is 13.1 Å². The maximum absolute atomic E-state index is 11.6. The van der Waals surface area contributed by atoms with Crippen molar-refractivity contribution in [3.05, 3.63) is 18.0 Å². The van der Waals surface area contributed by atoms with Gasteiger partial charge in [0.2, 0.25) is 5.91 Å². The van der Waals surface area contributed by atoms with Crippen molar-refractivity contribution in [2.45, 2.75) is 27.3 Å². The summed E-state index contributed by atoms with van der Waals surface area (Å²) in [7, 11) is 0. The van der Waals surface area contributed by atoms with E-state index >= 15 is 0 Å². The van der Waals surface area contributed by atoms with Gasteiger partial charge in [-0.15, -0.1) is 0 Å². The topological polar surface area (TPSA) is 70.7 Å². The molecule has 92 valence electrons. The van der Waals surface area contributed by atoms with E-state index in [1.807, 2.05) is 33.0 Å². The summed E-state index contributed by atoms with van der Waals surface area (Å²) in [6.07, 6.45) is 3.68. The average molecular weight is 234 g/mol. The summed E-state index contributed by atoms with van der Waals surface area (Å²) in [5.74, 6) is -0.743. The van der Waals surface area contributed by atoms with Crippen LogP contribution in [0.4, 0.5) is 0 Å². The van der Waals surface area contributed by atoms with Crippen LogP contribution in [0, 0.1) is 30.1 Å². The first kappa shape index (κ1) is 13.2. The van der Waals surface area contributed by atoms with E-state index in [1.54, 1.807) is 10.9 Å². The van der Waals surface area contributed by atoms with Crippen LogP contribution in [0.1, 0.15) is 19.4 Å². The molecule has 1 amide bonds. The van der Waals surface area contributed by atoms with E-state index in [2.05, 4.69) is 10.4 Å². The lowest BCUT2D eigenvalue weighted by Gasteiger charge is -2.12. The number of rotatable bonds is 5.